The SMILES string of the molecule is Cc1ccc([C@@H](c2cc(Cl)c3cccnc3c2O)[NH+]2CCN(c3cccc[nH+]3)CC2)cc1. The number of anilines is 1. The topological polar surface area (TPSA) is 54.9 Å². The van der Waals surface area contributed by atoms with Gasteiger partial charge in [0.2, 0.25) is 0 Å². The molecule has 0 spiro atoms. The van der Waals surface area contributed by atoms with Crippen LogP contribution in [0.4, 0.5) is 5.82 Å². The normalized spacial score (nSPS) is 15.8. The van der Waals surface area contributed by atoms with E-state index in [9.17, 15) is 5.11 Å². The van der Waals surface area contributed by atoms with Gasteiger partial charge in [-0.25, -0.2) is 4.98 Å². The average Bonchev–Trinajstić information content (AvgIpc) is 2.84. The third-order valence-electron chi connectivity index (χ3n) is 6.41. The van der Waals surface area contributed by atoms with Crippen LogP contribution in [0.5, 0.6) is 5.75 Å². The number of halogens is 1. The molecule has 1 atom stereocenters. The Bertz CT molecular complexity index is 1220. The van der Waals surface area contributed by atoms with Crippen LogP contribution < -0.4 is 14.8 Å². The Balaban J connectivity index is 1.54. The molecule has 32 heavy (non-hydrogen) atoms. The van der Waals surface area contributed by atoms with Crippen LogP contribution in [0.3, 0.4) is 0 Å². The number of aromatic hydroxyl groups is 1. The number of phenolic OH excluding ortho intramolecular Hbond substituents is 1. The van der Waals surface area contributed by atoms with E-state index in [1.165, 1.54) is 16.0 Å². The first kappa shape index (κ1) is 20.7. The van der Waals surface area contributed by atoms with E-state index >= 15 is 0 Å². The number of aryl methyl sites for hydroxylation is 1. The molecular weight excluding hydrogens is 420 g/mol. The highest BCUT2D eigenvalue weighted by Gasteiger charge is 2.35. The number of benzene rings is 2. The van der Waals surface area contributed by atoms with Crippen LogP contribution in [0.1, 0.15) is 22.7 Å². The second kappa shape index (κ2) is 8.77. The van der Waals surface area contributed by atoms with E-state index in [4.69, 9.17) is 11.6 Å². The van der Waals surface area contributed by atoms with Crippen molar-refractivity contribution in [3.8, 4) is 5.75 Å². The molecule has 1 aliphatic rings. The fourth-order valence-corrected chi connectivity index (χ4v) is 4.99. The van der Waals surface area contributed by atoms with Gasteiger partial charge in [-0.2, -0.15) is 0 Å². The van der Waals surface area contributed by atoms with Gasteiger partial charge in [0.15, 0.2) is 5.75 Å². The van der Waals surface area contributed by atoms with Crippen molar-refractivity contribution < 1.29 is 15.0 Å². The van der Waals surface area contributed by atoms with Crippen LogP contribution >= 0.6 is 11.6 Å². The Morgan fingerprint density at radius 3 is 2.56 bits per heavy atom. The Morgan fingerprint density at radius 2 is 1.84 bits per heavy atom. The van der Waals surface area contributed by atoms with Gasteiger partial charge in [0, 0.05) is 23.2 Å². The van der Waals surface area contributed by atoms with E-state index in [2.05, 4.69) is 58.2 Å². The van der Waals surface area contributed by atoms with E-state index in [1.807, 2.05) is 30.5 Å². The molecule has 0 bridgehead atoms. The van der Waals surface area contributed by atoms with Gasteiger partial charge in [0.05, 0.1) is 16.8 Å². The standard InChI is InChI=1S/C26H25ClN4O/c1-18-7-9-19(10-8-18)25(21-17-22(27)20-5-4-12-29-24(20)26(21)32)31-15-13-30(14-16-31)23-6-2-3-11-28-23/h2-12,17,25,32H,13-16H2,1H3/p+2/t25-/m0/s1. The highest BCUT2D eigenvalue weighted by molar-refractivity contribution is 6.35. The maximum absolute atomic E-state index is 11.3. The summed E-state index contributed by atoms with van der Waals surface area (Å²) in [4.78, 5) is 11.6. The zero-order chi connectivity index (χ0) is 22.1. The van der Waals surface area contributed by atoms with Crippen molar-refractivity contribution in [3.05, 3.63) is 94.8 Å². The van der Waals surface area contributed by atoms with Crippen molar-refractivity contribution in [2.24, 2.45) is 0 Å². The molecule has 5 nitrogen and oxygen atoms in total. The Hall–Kier alpha value is -3.15. The molecule has 4 aromatic rings. The largest absolute Gasteiger partial charge is 0.505 e. The summed E-state index contributed by atoms with van der Waals surface area (Å²) in [6, 6.07) is 20.4. The highest BCUT2D eigenvalue weighted by Crippen LogP contribution is 2.37. The average molecular weight is 447 g/mol. The van der Waals surface area contributed by atoms with Crippen molar-refractivity contribution in [1.82, 2.24) is 4.98 Å². The van der Waals surface area contributed by atoms with Crippen LogP contribution in [0.25, 0.3) is 10.9 Å². The second-order valence-corrected chi connectivity index (χ2v) is 8.84. The summed E-state index contributed by atoms with van der Waals surface area (Å²) < 4.78 is 0. The van der Waals surface area contributed by atoms with Crippen molar-refractivity contribution in [2.45, 2.75) is 13.0 Å². The number of piperazine rings is 1. The van der Waals surface area contributed by atoms with Gasteiger partial charge in [-0.1, -0.05) is 47.5 Å². The smallest absolute Gasteiger partial charge is 0.274 e. The monoisotopic (exact) mass is 446 g/mol. The molecule has 2 aromatic heterocycles. The first-order chi connectivity index (χ1) is 15.6. The first-order valence-electron chi connectivity index (χ1n) is 11.0. The molecule has 3 N–H and O–H groups in total. The summed E-state index contributed by atoms with van der Waals surface area (Å²) in [5.41, 5.74) is 3.78. The molecule has 1 fully saturated rings. The molecule has 0 amide bonds. The summed E-state index contributed by atoms with van der Waals surface area (Å²) in [6.07, 6.45) is 3.66. The van der Waals surface area contributed by atoms with Crippen molar-refractivity contribution in [3.63, 3.8) is 0 Å². The predicted octanol–water partition coefficient (Wildman–Crippen LogP) is 3.21. The molecule has 3 heterocycles. The maximum atomic E-state index is 11.3. The zero-order valence-corrected chi connectivity index (χ0v) is 18.8. The van der Waals surface area contributed by atoms with Crippen molar-refractivity contribution in [1.29, 1.82) is 0 Å². The lowest BCUT2D eigenvalue weighted by Crippen LogP contribution is -3.15. The maximum Gasteiger partial charge on any atom is 0.274 e. The quantitative estimate of drug-likeness (QED) is 0.506. The molecule has 162 valence electrons. The Kier molecular flexibility index (Phi) is 5.68. The van der Waals surface area contributed by atoms with Gasteiger partial charge in [0.25, 0.3) is 5.82 Å². The van der Waals surface area contributed by atoms with Gasteiger partial charge >= 0.3 is 0 Å². The molecule has 6 heteroatoms. The number of rotatable bonds is 4. The molecule has 1 saturated heterocycles. The number of quaternary nitrogens is 1. The minimum atomic E-state index is -0.0265. The molecule has 0 aliphatic carbocycles. The molecule has 0 radical (unpaired) electrons. The van der Waals surface area contributed by atoms with Gasteiger partial charge in [-0.15, -0.1) is 0 Å². The lowest BCUT2D eigenvalue weighted by atomic mass is 9.93. The fourth-order valence-electron chi connectivity index (χ4n) is 4.72. The van der Waals surface area contributed by atoms with Crippen molar-refractivity contribution in [2.75, 3.05) is 31.1 Å². The third-order valence-corrected chi connectivity index (χ3v) is 6.73. The number of nitrogens with one attached hydrogen (secondary N) is 2. The van der Waals surface area contributed by atoms with E-state index in [1.54, 1.807) is 6.20 Å². The zero-order valence-electron chi connectivity index (χ0n) is 18.1. The number of phenols is 1. The molecule has 0 unspecified atom stereocenters. The van der Waals surface area contributed by atoms with Crippen LogP contribution in [0.15, 0.2) is 73.1 Å². The number of aromatic nitrogens is 2. The summed E-state index contributed by atoms with van der Waals surface area (Å²) >= 11 is 6.66. The number of hydrogen-bond acceptors (Lipinski definition) is 3. The lowest BCUT2D eigenvalue weighted by molar-refractivity contribution is -0.926. The number of H-pyrrole nitrogens is 1. The minimum absolute atomic E-state index is 0.0265. The highest BCUT2D eigenvalue weighted by atomic mass is 35.5. The molecular formula is C26H27ClN4O+2. The van der Waals surface area contributed by atoms with Crippen LogP contribution in [0, 0.1) is 6.92 Å². The van der Waals surface area contributed by atoms with E-state index < -0.39 is 0 Å². The van der Waals surface area contributed by atoms with E-state index in [0.717, 1.165) is 42.9 Å². The molecule has 5 rings (SSSR count). The number of pyridine rings is 2. The predicted molar refractivity (Wildman–Crippen MR) is 127 cm³/mol. The molecule has 1 aliphatic heterocycles. The Labute approximate surface area is 192 Å². The third kappa shape index (κ3) is 3.90. The Morgan fingerprint density at radius 1 is 1.06 bits per heavy atom. The minimum Gasteiger partial charge on any atom is -0.505 e. The van der Waals surface area contributed by atoms with Gasteiger partial charge < -0.3 is 10.0 Å². The summed E-state index contributed by atoms with van der Waals surface area (Å²) in [5.74, 6) is 1.36. The molecule has 0 saturated carbocycles. The summed E-state index contributed by atoms with van der Waals surface area (Å²) in [7, 11) is 0. The van der Waals surface area contributed by atoms with Crippen LogP contribution in [-0.2, 0) is 0 Å². The number of fused-ring (bicyclic) bond motifs is 1. The summed E-state index contributed by atoms with van der Waals surface area (Å²) in [5, 5.41) is 12.7. The van der Waals surface area contributed by atoms with Gasteiger partial charge in [0.1, 0.15) is 37.7 Å². The van der Waals surface area contributed by atoms with Crippen molar-refractivity contribution >= 4 is 28.3 Å². The van der Waals surface area contributed by atoms with Crippen LogP contribution in [0.2, 0.25) is 5.02 Å². The van der Waals surface area contributed by atoms with Gasteiger partial charge in [-0.05, 0) is 31.2 Å². The van der Waals surface area contributed by atoms with Gasteiger partial charge in [-0.3, -0.25) is 9.88 Å². The first-order valence-corrected chi connectivity index (χ1v) is 11.4. The second-order valence-electron chi connectivity index (χ2n) is 8.43. The lowest BCUT2D eigenvalue weighted by Gasteiger charge is -2.34. The van der Waals surface area contributed by atoms with E-state index in [0.29, 0.717) is 10.5 Å². The number of aromatic amines is 1. The molecule has 2 aromatic carbocycles. The van der Waals surface area contributed by atoms with Crippen LogP contribution in [-0.4, -0.2) is 36.3 Å². The number of nitrogens with zero attached hydrogens (tertiary/aromatic N) is 2. The number of hydrogen-bond donors (Lipinski definition) is 2. The van der Waals surface area contributed by atoms with E-state index in [-0.39, 0.29) is 11.8 Å². The fraction of sp³-hybridized carbons (Fsp3) is 0.231. The summed E-state index contributed by atoms with van der Waals surface area (Å²) in [6.45, 7) is 5.84.